The highest BCUT2D eigenvalue weighted by atomic mass is 79.9. The third-order valence-corrected chi connectivity index (χ3v) is 6.74. The maximum Gasteiger partial charge on any atom is 0.347 e. The van der Waals surface area contributed by atoms with Gasteiger partial charge in [-0.05, 0) is 51.7 Å². The molecule has 2 heterocycles. The summed E-state index contributed by atoms with van der Waals surface area (Å²) in [5.41, 5.74) is 1.65. The number of fused-ring (bicyclic) bond motifs is 1. The average Bonchev–Trinajstić information content (AvgIpc) is 2.92. The molecular weight excluding hydrogens is 559 g/mol. The van der Waals surface area contributed by atoms with Crippen molar-refractivity contribution in [3.63, 3.8) is 0 Å². The molecule has 10 heteroatoms. The van der Waals surface area contributed by atoms with Crippen LogP contribution in [0.5, 0.6) is 5.75 Å². The zero-order valence-corrected chi connectivity index (χ0v) is 22.2. The number of halogens is 2. The number of aromatic nitrogens is 2. The monoisotopic (exact) mass is 584 g/mol. The first-order valence-electron chi connectivity index (χ1n) is 11.9. The number of nitrogens with zero attached hydrogens (tertiary/aromatic N) is 2. The van der Waals surface area contributed by atoms with Gasteiger partial charge in [-0.25, -0.2) is 9.18 Å². The zero-order valence-electron chi connectivity index (χ0n) is 20.6. The number of aliphatic hydroxyl groups excluding tert-OH is 2. The zero-order chi connectivity index (χ0) is 27.2. The predicted molar refractivity (Wildman–Crippen MR) is 143 cm³/mol. The van der Waals surface area contributed by atoms with Crippen molar-refractivity contribution in [2.24, 2.45) is 0 Å². The van der Waals surface area contributed by atoms with Gasteiger partial charge in [0.05, 0.1) is 31.4 Å². The molecule has 2 aromatic carbocycles. The van der Waals surface area contributed by atoms with E-state index < -0.39 is 24.2 Å². The van der Waals surface area contributed by atoms with Gasteiger partial charge in [-0.1, -0.05) is 42.5 Å². The number of rotatable bonds is 10. The van der Waals surface area contributed by atoms with Crippen molar-refractivity contribution >= 4 is 32.9 Å². The van der Waals surface area contributed by atoms with Gasteiger partial charge in [0.2, 0.25) is 0 Å². The molecule has 4 rings (SSSR count). The van der Waals surface area contributed by atoms with Gasteiger partial charge < -0.3 is 24.3 Å². The van der Waals surface area contributed by atoms with Crippen LogP contribution >= 0.6 is 15.9 Å². The first-order chi connectivity index (χ1) is 18.3. The standard InChI is InChI=1S/C28H26BrFN2O6/c1-2-37-28(36)22-26(38-16-18-6-4-3-5-7-18)24-25(32(27(22)35)14-21(34)15-33)23(29)19(13-31-24)12-17-8-10-20(30)11-9-17/h3-11,13,21,33-34H,2,12,14-16H2,1H3/t21-/m1/s1. The van der Waals surface area contributed by atoms with Crippen LogP contribution in [0.25, 0.3) is 11.0 Å². The number of aliphatic hydroxyl groups is 2. The number of hydrogen-bond donors (Lipinski definition) is 2. The highest BCUT2D eigenvalue weighted by Crippen LogP contribution is 2.34. The largest absolute Gasteiger partial charge is 0.485 e. The SMILES string of the molecule is CCOC(=O)c1c(OCc2ccccc2)c2ncc(Cc3ccc(F)cc3)c(Br)c2n(C[C@@H](O)CO)c1=O. The first-order valence-corrected chi connectivity index (χ1v) is 12.7. The molecule has 8 nitrogen and oxygen atoms in total. The van der Waals surface area contributed by atoms with Crippen LogP contribution in [0.1, 0.15) is 34.0 Å². The summed E-state index contributed by atoms with van der Waals surface area (Å²) < 4.78 is 26.3. The smallest absolute Gasteiger partial charge is 0.347 e. The average molecular weight is 585 g/mol. The van der Waals surface area contributed by atoms with E-state index in [1.54, 1.807) is 25.3 Å². The van der Waals surface area contributed by atoms with E-state index in [-0.39, 0.29) is 47.9 Å². The van der Waals surface area contributed by atoms with Gasteiger partial charge in [0.1, 0.15) is 17.9 Å². The van der Waals surface area contributed by atoms with Gasteiger partial charge in [-0.3, -0.25) is 9.78 Å². The molecule has 38 heavy (non-hydrogen) atoms. The summed E-state index contributed by atoms with van der Waals surface area (Å²) >= 11 is 3.58. The second-order valence-corrected chi connectivity index (χ2v) is 9.34. The van der Waals surface area contributed by atoms with Crippen molar-refractivity contribution in [2.75, 3.05) is 13.2 Å². The third-order valence-electron chi connectivity index (χ3n) is 5.85. The molecule has 0 saturated heterocycles. The highest BCUT2D eigenvalue weighted by Gasteiger charge is 2.28. The Morgan fingerprint density at radius 3 is 2.50 bits per heavy atom. The van der Waals surface area contributed by atoms with E-state index in [2.05, 4.69) is 20.9 Å². The summed E-state index contributed by atoms with van der Waals surface area (Å²) in [4.78, 5) is 31.3. The molecule has 1 atom stereocenters. The van der Waals surface area contributed by atoms with Crippen LogP contribution in [0.2, 0.25) is 0 Å². The molecule has 0 amide bonds. The Balaban J connectivity index is 1.94. The summed E-state index contributed by atoms with van der Waals surface area (Å²) in [6, 6.07) is 15.2. The van der Waals surface area contributed by atoms with Crippen molar-refractivity contribution < 1.29 is 28.9 Å². The molecule has 2 N–H and O–H groups in total. The lowest BCUT2D eigenvalue weighted by Gasteiger charge is -2.20. The number of benzene rings is 2. The maximum atomic E-state index is 13.7. The fraction of sp³-hybridized carbons (Fsp3) is 0.250. The lowest BCUT2D eigenvalue weighted by atomic mass is 10.0. The fourth-order valence-corrected chi connectivity index (χ4v) is 4.67. The molecular formula is C28H26BrFN2O6. The Hall–Kier alpha value is -3.60. The van der Waals surface area contributed by atoms with Crippen molar-refractivity contribution in [1.82, 2.24) is 9.55 Å². The number of esters is 1. The van der Waals surface area contributed by atoms with Gasteiger partial charge >= 0.3 is 5.97 Å². The molecule has 0 aliphatic rings. The van der Waals surface area contributed by atoms with Crippen molar-refractivity contribution in [2.45, 2.75) is 32.6 Å². The Labute approximate surface area is 226 Å². The Morgan fingerprint density at radius 2 is 1.84 bits per heavy atom. The van der Waals surface area contributed by atoms with E-state index in [0.717, 1.165) is 11.1 Å². The molecule has 0 fully saturated rings. The minimum absolute atomic E-state index is 0.0292. The Kier molecular flexibility index (Phi) is 8.88. The molecule has 0 unspecified atom stereocenters. The van der Waals surface area contributed by atoms with Crippen LogP contribution < -0.4 is 10.3 Å². The van der Waals surface area contributed by atoms with Crippen molar-refractivity contribution in [3.05, 3.63) is 104 Å². The summed E-state index contributed by atoms with van der Waals surface area (Å²) in [7, 11) is 0. The van der Waals surface area contributed by atoms with Gasteiger partial charge in [0.25, 0.3) is 5.56 Å². The van der Waals surface area contributed by atoms with E-state index in [9.17, 15) is 24.2 Å². The minimum atomic E-state index is -1.28. The molecule has 0 radical (unpaired) electrons. The highest BCUT2D eigenvalue weighted by molar-refractivity contribution is 9.10. The van der Waals surface area contributed by atoms with Gasteiger partial charge in [0.15, 0.2) is 11.3 Å². The molecule has 4 aromatic rings. The Bertz CT molecular complexity index is 1490. The van der Waals surface area contributed by atoms with Crippen molar-refractivity contribution in [1.29, 1.82) is 0 Å². The number of pyridine rings is 2. The topological polar surface area (TPSA) is 111 Å². The second kappa shape index (κ2) is 12.3. The van der Waals surface area contributed by atoms with E-state index >= 15 is 0 Å². The van der Waals surface area contributed by atoms with Crippen LogP contribution in [-0.4, -0.2) is 45.1 Å². The third kappa shape index (κ3) is 5.93. The molecule has 198 valence electrons. The van der Waals surface area contributed by atoms with Crippen LogP contribution in [0, 0.1) is 5.82 Å². The normalized spacial score (nSPS) is 11.9. The molecule has 0 bridgehead atoms. The van der Waals surface area contributed by atoms with Crippen LogP contribution in [0.3, 0.4) is 0 Å². The quantitative estimate of drug-likeness (QED) is 0.271. The van der Waals surface area contributed by atoms with Crippen LogP contribution in [0.4, 0.5) is 4.39 Å². The summed E-state index contributed by atoms with van der Waals surface area (Å²) in [5.74, 6) is -1.29. The van der Waals surface area contributed by atoms with Gasteiger partial charge in [-0.15, -0.1) is 0 Å². The Morgan fingerprint density at radius 1 is 1.13 bits per heavy atom. The lowest BCUT2D eigenvalue weighted by Crippen LogP contribution is -2.34. The number of carbonyl (C=O) groups excluding carboxylic acids is 1. The minimum Gasteiger partial charge on any atom is -0.485 e. The molecule has 0 spiro atoms. The number of ether oxygens (including phenoxy) is 2. The molecule has 0 saturated carbocycles. The summed E-state index contributed by atoms with van der Waals surface area (Å²) in [5, 5.41) is 19.7. The van der Waals surface area contributed by atoms with Gasteiger partial charge in [0, 0.05) is 17.1 Å². The number of carbonyl (C=O) groups is 1. The molecule has 0 aliphatic carbocycles. The second-order valence-electron chi connectivity index (χ2n) is 8.55. The predicted octanol–water partition coefficient (Wildman–Crippen LogP) is 4.00. The lowest BCUT2D eigenvalue weighted by molar-refractivity contribution is 0.0516. The van der Waals surface area contributed by atoms with E-state index in [4.69, 9.17) is 9.47 Å². The first kappa shape index (κ1) is 27.4. The van der Waals surface area contributed by atoms with E-state index in [0.29, 0.717) is 16.5 Å². The summed E-state index contributed by atoms with van der Waals surface area (Å²) in [6.07, 6.45) is 0.660. The summed E-state index contributed by atoms with van der Waals surface area (Å²) in [6.45, 7) is 0.796. The number of hydrogen-bond acceptors (Lipinski definition) is 7. The van der Waals surface area contributed by atoms with Crippen molar-refractivity contribution in [3.8, 4) is 5.75 Å². The molecule has 2 aromatic heterocycles. The van der Waals surface area contributed by atoms with E-state index in [1.807, 2.05) is 30.3 Å². The van der Waals surface area contributed by atoms with Crippen LogP contribution in [0.15, 0.2) is 70.1 Å². The van der Waals surface area contributed by atoms with E-state index in [1.165, 1.54) is 16.7 Å². The van der Waals surface area contributed by atoms with Crippen LogP contribution in [-0.2, 0) is 24.3 Å². The maximum absolute atomic E-state index is 13.7. The molecule has 0 aliphatic heterocycles. The van der Waals surface area contributed by atoms with Gasteiger partial charge in [-0.2, -0.15) is 0 Å². The fourth-order valence-electron chi connectivity index (χ4n) is 4.02.